The number of amides is 2. The van der Waals surface area contributed by atoms with Crippen LogP contribution in [0.3, 0.4) is 0 Å². The van der Waals surface area contributed by atoms with Gasteiger partial charge >= 0.3 is 0 Å². The molecule has 7 heteroatoms. The third-order valence-electron chi connectivity index (χ3n) is 4.70. The van der Waals surface area contributed by atoms with Crippen molar-refractivity contribution in [1.29, 1.82) is 0 Å². The van der Waals surface area contributed by atoms with E-state index in [1.54, 1.807) is 23.1 Å². The normalized spacial score (nSPS) is 14.5. The van der Waals surface area contributed by atoms with Gasteiger partial charge in [0.05, 0.1) is 0 Å². The van der Waals surface area contributed by atoms with Gasteiger partial charge in [-0.1, -0.05) is 42.6 Å². The highest BCUT2D eigenvalue weighted by atomic mass is 16.5. The molecule has 1 aromatic carbocycles. The third-order valence-corrected chi connectivity index (χ3v) is 4.70. The van der Waals surface area contributed by atoms with Gasteiger partial charge < -0.3 is 19.5 Å². The molecular formula is C20H25N3O4. The van der Waals surface area contributed by atoms with E-state index in [1.807, 2.05) is 18.2 Å². The molecule has 1 aliphatic rings. The first-order chi connectivity index (χ1) is 13.2. The Hall–Kier alpha value is -2.83. The van der Waals surface area contributed by atoms with Crippen LogP contribution in [0.15, 0.2) is 47.2 Å². The molecule has 0 radical (unpaired) electrons. The van der Waals surface area contributed by atoms with E-state index in [9.17, 15) is 9.59 Å². The molecule has 0 saturated heterocycles. The van der Waals surface area contributed by atoms with Crippen molar-refractivity contribution >= 4 is 17.6 Å². The molecule has 1 fully saturated rings. The van der Waals surface area contributed by atoms with Gasteiger partial charge in [-0.3, -0.25) is 9.59 Å². The van der Waals surface area contributed by atoms with Gasteiger partial charge in [-0.2, -0.15) is 0 Å². The number of nitrogens with zero attached hydrogens (tertiary/aromatic N) is 2. The highest BCUT2D eigenvalue weighted by Crippen LogP contribution is 2.24. The fourth-order valence-corrected chi connectivity index (χ4v) is 3.32. The number of para-hydroxylation sites is 1. The molecule has 0 atom stereocenters. The van der Waals surface area contributed by atoms with E-state index in [4.69, 9.17) is 9.26 Å². The van der Waals surface area contributed by atoms with Gasteiger partial charge in [0.15, 0.2) is 12.4 Å². The Morgan fingerprint density at radius 2 is 1.93 bits per heavy atom. The molecular weight excluding hydrogens is 346 g/mol. The van der Waals surface area contributed by atoms with Gasteiger partial charge in [0, 0.05) is 12.6 Å². The Labute approximate surface area is 158 Å². The van der Waals surface area contributed by atoms with Crippen molar-refractivity contribution in [2.24, 2.45) is 5.92 Å². The Morgan fingerprint density at radius 1 is 1.15 bits per heavy atom. The number of carbonyl (C=O) groups is 2. The summed E-state index contributed by atoms with van der Waals surface area (Å²) in [5, 5.41) is 6.30. The van der Waals surface area contributed by atoms with Gasteiger partial charge in [-0.05, 0) is 30.9 Å². The van der Waals surface area contributed by atoms with Crippen molar-refractivity contribution in [2.75, 3.05) is 25.0 Å². The lowest BCUT2D eigenvalue weighted by molar-refractivity contribution is -0.137. The number of benzene rings is 1. The van der Waals surface area contributed by atoms with Gasteiger partial charge in [0.25, 0.3) is 5.91 Å². The number of rotatable bonds is 8. The summed E-state index contributed by atoms with van der Waals surface area (Å²) in [6.07, 6.45) is 7.17. The van der Waals surface area contributed by atoms with Crippen LogP contribution in [0.4, 0.5) is 5.82 Å². The maximum absolute atomic E-state index is 12.7. The van der Waals surface area contributed by atoms with Crippen molar-refractivity contribution in [1.82, 2.24) is 10.1 Å². The minimum Gasteiger partial charge on any atom is -0.484 e. The molecule has 144 valence electrons. The Balaban J connectivity index is 1.58. The molecule has 0 unspecified atom stereocenters. The zero-order valence-corrected chi connectivity index (χ0v) is 15.3. The second-order valence-electron chi connectivity index (χ2n) is 6.81. The zero-order valence-electron chi connectivity index (χ0n) is 15.3. The largest absolute Gasteiger partial charge is 0.484 e. The quantitative estimate of drug-likeness (QED) is 0.771. The van der Waals surface area contributed by atoms with E-state index >= 15 is 0 Å². The van der Waals surface area contributed by atoms with Crippen molar-refractivity contribution in [3.63, 3.8) is 0 Å². The molecule has 1 heterocycles. The van der Waals surface area contributed by atoms with Gasteiger partial charge in [-0.15, -0.1) is 0 Å². The smallest absolute Gasteiger partial charge is 0.260 e. The molecule has 3 rings (SSSR count). The van der Waals surface area contributed by atoms with Gasteiger partial charge in [0.1, 0.15) is 18.6 Å². The third kappa shape index (κ3) is 6.13. The van der Waals surface area contributed by atoms with Crippen LogP contribution in [0.2, 0.25) is 0 Å². The molecule has 1 aromatic heterocycles. The van der Waals surface area contributed by atoms with Gasteiger partial charge in [-0.25, -0.2) is 0 Å². The summed E-state index contributed by atoms with van der Waals surface area (Å²) in [4.78, 5) is 26.6. The van der Waals surface area contributed by atoms with Crippen molar-refractivity contribution in [2.45, 2.75) is 32.1 Å². The number of aromatic nitrogens is 1. The van der Waals surface area contributed by atoms with Crippen molar-refractivity contribution in [3.05, 3.63) is 42.7 Å². The van der Waals surface area contributed by atoms with Crippen LogP contribution in [0.1, 0.15) is 32.1 Å². The van der Waals surface area contributed by atoms with E-state index in [1.165, 1.54) is 25.5 Å². The number of anilines is 1. The first kappa shape index (κ1) is 18.9. The molecule has 27 heavy (non-hydrogen) atoms. The Morgan fingerprint density at radius 3 is 2.63 bits per heavy atom. The van der Waals surface area contributed by atoms with Crippen molar-refractivity contribution in [3.8, 4) is 5.75 Å². The maximum Gasteiger partial charge on any atom is 0.260 e. The lowest BCUT2D eigenvalue weighted by Gasteiger charge is -2.29. The zero-order chi connectivity index (χ0) is 18.9. The highest BCUT2D eigenvalue weighted by molar-refractivity contribution is 5.93. The van der Waals surface area contributed by atoms with Crippen LogP contribution in [-0.2, 0) is 9.59 Å². The van der Waals surface area contributed by atoms with E-state index in [2.05, 4.69) is 10.5 Å². The van der Waals surface area contributed by atoms with Crippen LogP contribution in [0.25, 0.3) is 0 Å². The first-order valence-electron chi connectivity index (χ1n) is 9.36. The predicted octanol–water partition coefficient (Wildman–Crippen LogP) is 3.10. The molecule has 0 spiro atoms. The van der Waals surface area contributed by atoms with Crippen LogP contribution in [-0.4, -0.2) is 41.6 Å². The average molecular weight is 371 g/mol. The van der Waals surface area contributed by atoms with E-state index < -0.39 is 0 Å². The summed E-state index contributed by atoms with van der Waals surface area (Å²) in [5.74, 6) is 0.910. The van der Waals surface area contributed by atoms with Crippen LogP contribution in [0.5, 0.6) is 5.75 Å². The summed E-state index contributed by atoms with van der Waals surface area (Å²) < 4.78 is 10.3. The summed E-state index contributed by atoms with van der Waals surface area (Å²) in [5.41, 5.74) is 0. The molecule has 1 aliphatic carbocycles. The van der Waals surface area contributed by atoms with Crippen LogP contribution >= 0.6 is 0 Å². The van der Waals surface area contributed by atoms with Crippen LogP contribution in [0, 0.1) is 5.92 Å². The summed E-state index contributed by atoms with van der Waals surface area (Å²) in [7, 11) is 0. The fourth-order valence-electron chi connectivity index (χ4n) is 3.32. The highest BCUT2D eigenvalue weighted by Gasteiger charge is 2.23. The minimum atomic E-state index is -0.298. The lowest BCUT2D eigenvalue weighted by atomic mass is 9.89. The second kappa shape index (κ2) is 9.75. The lowest BCUT2D eigenvalue weighted by Crippen LogP contribution is -2.43. The number of hydrogen-bond donors (Lipinski definition) is 1. The fraction of sp³-hybridized carbons (Fsp3) is 0.450. The standard InChI is InChI=1S/C20H25N3O4/c24-19(21-18-11-12-27-22-18)14-23(13-16-7-3-1-4-8-16)20(25)15-26-17-9-5-2-6-10-17/h2,5-6,9-12,16H,1,3-4,7-8,13-15H2,(H,21,22,24). The van der Waals surface area contributed by atoms with E-state index in [0.717, 1.165) is 12.8 Å². The second-order valence-corrected chi connectivity index (χ2v) is 6.81. The Bertz CT molecular complexity index is 712. The number of ether oxygens (including phenoxy) is 1. The minimum absolute atomic E-state index is 0.0274. The van der Waals surface area contributed by atoms with Gasteiger partial charge in [0.2, 0.25) is 5.91 Å². The SMILES string of the molecule is O=C(CN(CC1CCCCC1)C(=O)COc1ccccc1)Nc1ccon1. The van der Waals surface area contributed by atoms with Crippen LogP contribution < -0.4 is 10.1 Å². The molecule has 2 aromatic rings. The van der Waals surface area contributed by atoms with Crippen molar-refractivity contribution < 1.29 is 18.8 Å². The molecule has 0 bridgehead atoms. The summed E-state index contributed by atoms with van der Waals surface area (Å²) >= 11 is 0. The molecule has 0 aliphatic heterocycles. The van der Waals surface area contributed by atoms with E-state index in [-0.39, 0.29) is 25.0 Å². The molecule has 1 saturated carbocycles. The molecule has 1 N–H and O–H groups in total. The first-order valence-corrected chi connectivity index (χ1v) is 9.36. The molecule has 7 nitrogen and oxygen atoms in total. The topological polar surface area (TPSA) is 84.7 Å². The number of carbonyl (C=O) groups excluding carboxylic acids is 2. The summed E-state index contributed by atoms with van der Waals surface area (Å²) in [6, 6.07) is 10.8. The number of nitrogens with one attached hydrogen (secondary N) is 1. The predicted molar refractivity (Wildman–Crippen MR) is 100 cm³/mol. The average Bonchev–Trinajstić information content (AvgIpc) is 3.20. The number of hydrogen-bond acceptors (Lipinski definition) is 5. The maximum atomic E-state index is 12.7. The summed E-state index contributed by atoms with van der Waals surface area (Å²) in [6.45, 7) is 0.456. The molecule has 2 amide bonds. The van der Waals surface area contributed by atoms with E-state index in [0.29, 0.717) is 24.0 Å². The monoisotopic (exact) mass is 371 g/mol. The Kier molecular flexibility index (Phi) is 6.84.